The Morgan fingerprint density at radius 3 is 3.12 bits per heavy atom. The minimum atomic E-state index is 0.704. The van der Waals surface area contributed by atoms with Gasteiger partial charge >= 0.3 is 0 Å². The summed E-state index contributed by atoms with van der Waals surface area (Å²) in [6, 6.07) is 2.95. The second kappa shape index (κ2) is 5.69. The molecule has 0 N–H and O–H groups in total. The molecule has 1 saturated heterocycles. The molecule has 0 radical (unpaired) electrons. The highest BCUT2D eigenvalue weighted by molar-refractivity contribution is 7.99. The first kappa shape index (κ1) is 11.9. The molecular weight excluding hydrogens is 216 g/mol. The van der Waals surface area contributed by atoms with E-state index in [0.717, 1.165) is 6.54 Å². The molecule has 0 bridgehead atoms. The average molecular weight is 236 g/mol. The summed E-state index contributed by atoms with van der Waals surface area (Å²) in [6.45, 7) is 6.71. The van der Waals surface area contributed by atoms with Crippen LogP contribution >= 0.6 is 11.8 Å². The number of aryl methyl sites for hydroxylation is 1. The van der Waals surface area contributed by atoms with Crippen LogP contribution in [-0.4, -0.2) is 34.0 Å². The van der Waals surface area contributed by atoms with Crippen LogP contribution in [0.3, 0.4) is 0 Å². The molecule has 2 rings (SSSR count). The number of hydrogen-bond donors (Lipinski definition) is 0. The molecule has 1 fully saturated rings. The summed E-state index contributed by atoms with van der Waals surface area (Å²) in [4.78, 5) is 6.85. The lowest BCUT2D eigenvalue weighted by atomic mass is 10.1. The summed E-state index contributed by atoms with van der Waals surface area (Å²) >= 11 is 2.08. The topological polar surface area (TPSA) is 16.1 Å². The number of nitrogens with zero attached hydrogens (tertiary/aromatic N) is 2. The van der Waals surface area contributed by atoms with Crippen LogP contribution in [0.2, 0.25) is 0 Å². The van der Waals surface area contributed by atoms with Gasteiger partial charge in [-0.15, -0.1) is 0 Å². The molecule has 0 amide bonds. The average Bonchev–Trinajstić information content (AvgIpc) is 2.45. The number of hydrogen-bond acceptors (Lipinski definition) is 3. The Morgan fingerprint density at radius 1 is 1.44 bits per heavy atom. The molecule has 1 aliphatic heterocycles. The Morgan fingerprint density at radius 2 is 2.31 bits per heavy atom. The third-order valence-corrected chi connectivity index (χ3v) is 4.14. The fourth-order valence-electron chi connectivity index (χ4n) is 2.11. The Hall–Kier alpha value is -0.540. The van der Waals surface area contributed by atoms with Crippen LogP contribution in [-0.2, 0) is 6.54 Å². The first-order valence-corrected chi connectivity index (χ1v) is 7.13. The summed E-state index contributed by atoms with van der Waals surface area (Å²) in [7, 11) is 0. The quantitative estimate of drug-likeness (QED) is 0.785. The standard InChI is InChI=1S/C13H20N2S/c1-11-7-13(9-14-8-11)10-15-4-6-16-5-3-12(15)2/h7-9,12H,3-6,10H2,1-2H3. The maximum Gasteiger partial charge on any atom is 0.0313 e. The molecule has 0 aliphatic carbocycles. The third kappa shape index (κ3) is 3.22. The van der Waals surface area contributed by atoms with Gasteiger partial charge in [0.15, 0.2) is 0 Å². The van der Waals surface area contributed by atoms with E-state index in [2.05, 4.69) is 41.6 Å². The lowest BCUT2D eigenvalue weighted by molar-refractivity contribution is 0.212. The van der Waals surface area contributed by atoms with Crippen LogP contribution < -0.4 is 0 Å². The van der Waals surface area contributed by atoms with Crippen molar-refractivity contribution in [3.05, 3.63) is 29.6 Å². The van der Waals surface area contributed by atoms with Gasteiger partial charge in [-0.2, -0.15) is 11.8 Å². The second-order valence-electron chi connectivity index (χ2n) is 4.59. The van der Waals surface area contributed by atoms with Gasteiger partial charge in [-0.1, -0.05) is 6.07 Å². The summed E-state index contributed by atoms with van der Waals surface area (Å²) in [5.41, 5.74) is 2.60. The Bertz CT molecular complexity index is 340. The van der Waals surface area contributed by atoms with Gasteiger partial charge in [-0.25, -0.2) is 0 Å². The summed E-state index contributed by atoms with van der Waals surface area (Å²) < 4.78 is 0. The first-order chi connectivity index (χ1) is 7.75. The van der Waals surface area contributed by atoms with Crippen LogP contribution in [0.1, 0.15) is 24.5 Å². The molecule has 0 aromatic carbocycles. The molecule has 0 saturated carbocycles. The molecule has 1 unspecified atom stereocenters. The number of aromatic nitrogens is 1. The van der Waals surface area contributed by atoms with Gasteiger partial charge in [0.05, 0.1) is 0 Å². The predicted molar refractivity (Wildman–Crippen MR) is 70.8 cm³/mol. The first-order valence-electron chi connectivity index (χ1n) is 5.98. The van der Waals surface area contributed by atoms with Gasteiger partial charge in [0, 0.05) is 37.3 Å². The largest absolute Gasteiger partial charge is 0.296 e. The number of thioether (sulfide) groups is 1. The Balaban J connectivity index is 2.02. The highest BCUT2D eigenvalue weighted by Crippen LogP contribution is 2.18. The van der Waals surface area contributed by atoms with Crippen LogP contribution in [0.5, 0.6) is 0 Å². The summed E-state index contributed by atoms with van der Waals surface area (Å²) in [5.74, 6) is 2.58. The third-order valence-electron chi connectivity index (χ3n) is 3.14. The molecule has 88 valence electrons. The maximum atomic E-state index is 4.27. The van der Waals surface area contributed by atoms with E-state index in [1.54, 1.807) is 0 Å². The minimum absolute atomic E-state index is 0.704. The van der Waals surface area contributed by atoms with E-state index in [4.69, 9.17) is 0 Å². The molecule has 0 spiro atoms. The van der Waals surface area contributed by atoms with Gasteiger partial charge in [-0.3, -0.25) is 9.88 Å². The highest BCUT2D eigenvalue weighted by Gasteiger charge is 2.16. The SMILES string of the molecule is Cc1cncc(CN2CCSCCC2C)c1. The zero-order valence-electron chi connectivity index (χ0n) is 10.1. The van der Waals surface area contributed by atoms with Crippen molar-refractivity contribution < 1.29 is 0 Å². The monoisotopic (exact) mass is 236 g/mol. The molecule has 2 nitrogen and oxygen atoms in total. The molecule has 1 aliphatic rings. The zero-order valence-corrected chi connectivity index (χ0v) is 11.0. The van der Waals surface area contributed by atoms with Crippen molar-refractivity contribution in [2.75, 3.05) is 18.1 Å². The van der Waals surface area contributed by atoms with Crippen molar-refractivity contribution in [1.29, 1.82) is 0 Å². The molecular formula is C13H20N2S. The second-order valence-corrected chi connectivity index (χ2v) is 5.82. The number of pyridine rings is 1. The molecule has 1 aromatic rings. The maximum absolute atomic E-state index is 4.27. The Labute approximate surface area is 102 Å². The lowest BCUT2D eigenvalue weighted by Crippen LogP contribution is -2.33. The van der Waals surface area contributed by atoms with Crippen molar-refractivity contribution in [2.45, 2.75) is 32.9 Å². The molecule has 2 heterocycles. The van der Waals surface area contributed by atoms with Crippen LogP contribution in [0.15, 0.2) is 18.5 Å². The zero-order chi connectivity index (χ0) is 11.4. The Kier molecular flexibility index (Phi) is 4.24. The normalized spacial score (nSPS) is 23.0. The van der Waals surface area contributed by atoms with E-state index in [1.807, 2.05) is 12.4 Å². The van der Waals surface area contributed by atoms with Crippen molar-refractivity contribution >= 4 is 11.8 Å². The minimum Gasteiger partial charge on any atom is -0.296 e. The van der Waals surface area contributed by atoms with Crippen molar-refractivity contribution in [3.8, 4) is 0 Å². The van der Waals surface area contributed by atoms with Gasteiger partial charge in [0.1, 0.15) is 0 Å². The van der Waals surface area contributed by atoms with Crippen molar-refractivity contribution in [3.63, 3.8) is 0 Å². The van der Waals surface area contributed by atoms with Gasteiger partial charge < -0.3 is 0 Å². The predicted octanol–water partition coefficient (Wildman–Crippen LogP) is 2.72. The van der Waals surface area contributed by atoms with Gasteiger partial charge in [0.2, 0.25) is 0 Å². The fourth-order valence-corrected chi connectivity index (χ4v) is 3.19. The lowest BCUT2D eigenvalue weighted by Gasteiger charge is -2.26. The van der Waals surface area contributed by atoms with E-state index >= 15 is 0 Å². The molecule has 1 atom stereocenters. The smallest absolute Gasteiger partial charge is 0.0313 e. The van der Waals surface area contributed by atoms with Crippen molar-refractivity contribution in [1.82, 2.24) is 9.88 Å². The van der Waals surface area contributed by atoms with Gasteiger partial charge in [0.25, 0.3) is 0 Å². The van der Waals surface area contributed by atoms with Crippen molar-refractivity contribution in [2.24, 2.45) is 0 Å². The van der Waals surface area contributed by atoms with E-state index in [9.17, 15) is 0 Å². The fraction of sp³-hybridized carbons (Fsp3) is 0.615. The van der Waals surface area contributed by atoms with Gasteiger partial charge in [-0.05, 0) is 37.1 Å². The van der Waals surface area contributed by atoms with E-state index in [0.29, 0.717) is 6.04 Å². The molecule has 16 heavy (non-hydrogen) atoms. The summed E-state index contributed by atoms with van der Waals surface area (Å²) in [5, 5.41) is 0. The van der Waals surface area contributed by atoms with Crippen LogP contribution in [0.4, 0.5) is 0 Å². The summed E-state index contributed by atoms with van der Waals surface area (Å²) in [6.07, 6.45) is 5.23. The van der Waals surface area contributed by atoms with E-state index < -0.39 is 0 Å². The molecule has 1 aromatic heterocycles. The van der Waals surface area contributed by atoms with Crippen LogP contribution in [0, 0.1) is 6.92 Å². The van der Waals surface area contributed by atoms with Crippen LogP contribution in [0.25, 0.3) is 0 Å². The van der Waals surface area contributed by atoms with E-state index in [1.165, 1.54) is 35.6 Å². The highest BCUT2D eigenvalue weighted by atomic mass is 32.2. The number of rotatable bonds is 2. The van der Waals surface area contributed by atoms with E-state index in [-0.39, 0.29) is 0 Å². The molecule has 3 heteroatoms.